The Labute approximate surface area is 142 Å². The van der Waals surface area contributed by atoms with E-state index < -0.39 is 10.0 Å². The summed E-state index contributed by atoms with van der Waals surface area (Å²) in [4.78, 5) is 4.32. The Kier molecular flexibility index (Phi) is 4.53. The summed E-state index contributed by atoms with van der Waals surface area (Å²) in [5, 5.41) is 1.47. The minimum absolute atomic E-state index is 0.265. The van der Waals surface area contributed by atoms with Crippen molar-refractivity contribution < 1.29 is 8.42 Å². The number of fused-ring (bicyclic) bond motifs is 1. The van der Waals surface area contributed by atoms with Crippen LogP contribution in [-0.4, -0.2) is 13.4 Å². The lowest BCUT2D eigenvalue weighted by atomic mass is 9.97. The van der Waals surface area contributed by atoms with E-state index in [1.54, 1.807) is 30.6 Å². The molecule has 4 nitrogen and oxygen atoms in total. The predicted octanol–water partition coefficient (Wildman–Crippen LogP) is 4.55. The first-order valence-corrected chi connectivity index (χ1v) is 9.45. The van der Waals surface area contributed by atoms with Crippen molar-refractivity contribution in [3.63, 3.8) is 0 Å². The summed E-state index contributed by atoms with van der Waals surface area (Å²) in [6, 6.07) is 14.5. The normalized spacial score (nSPS) is 12.9. The van der Waals surface area contributed by atoms with Crippen LogP contribution in [0.5, 0.6) is 0 Å². The standard InChI is InChI=1S/C19H20N2O2S/c1-3-14(2)16-8-4-5-9-18(16)21-24(22,23)19-10-6-7-15-13-20-12-11-17(15)19/h4-14,21H,3H2,1-2H3. The highest BCUT2D eigenvalue weighted by Gasteiger charge is 2.19. The van der Waals surface area contributed by atoms with Crippen LogP contribution in [-0.2, 0) is 10.0 Å². The van der Waals surface area contributed by atoms with Crippen molar-refractivity contribution in [2.75, 3.05) is 4.72 Å². The van der Waals surface area contributed by atoms with Gasteiger partial charge in [0.05, 0.1) is 10.6 Å². The number of nitrogens with zero attached hydrogens (tertiary/aromatic N) is 1. The van der Waals surface area contributed by atoms with Crippen molar-refractivity contribution >= 4 is 26.5 Å². The van der Waals surface area contributed by atoms with Crippen molar-refractivity contribution in [2.24, 2.45) is 0 Å². The van der Waals surface area contributed by atoms with Crippen LogP contribution >= 0.6 is 0 Å². The second-order valence-corrected chi connectivity index (χ2v) is 7.51. The maximum absolute atomic E-state index is 12.9. The molecule has 24 heavy (non-hydrogen) atoms. The fourth-order valence-electron chi connectivity index (χ4n) is 2.77. The van der Waals surface area contributed by atoms with E-state index in [-0.39, 0.29) is 10.8 Å². The number of nitrogens with one attached hydrogen (secondary N) is 1. The summed E-state index contributed by atoms with van der Waals surface area (Å²) in [6.07, 6.45) is 4.22. The Bertz CT molecular complexity index is 963. The van der Waals surface area contributed by atoms with E-state index in [1.165, 1.54) is 0 Å². The minimum atomic E-state index is -3.68. The average molecular weight is 340 g/mol. The lowest BCUT2D eigenvalue weighted by Crippen LogP contribution is -2.15. The molecule has 5 heteroatoms. The van der Waals surface area contributed by atoms with Gasteiger partial charge in [-0.2, -0.15) is 0 Å². The van der Waals surface area contributed by atoms with Gasteiger partial charge in [-0.15, -0.1) is 0 Å². The number of hydrogen-bond donors (Lipinski definition) is 1. The molecule has 0 spiro atoms. The van der Waals surface area contributed by atoms with E-state index in [0.717, 1.165) is 17.4 Å². The molecule has 0 aliphatic heterocycles. The van der Waals surface area contributed by atoms with Gasteiger partial charge in [-0.05, 0) is 36.1 Å². The fraction of sp³-hybridized carbons (Fsp3) is 0.211. The minimum Gasteiger partial charge on any atom is -0.279 e. The molecule has 3 rings (SSSR count). The van der Waals surface area contributed by atoms with Gasteiger partial charge in [-0.3, -0.25) is 9.71 Å². The SMILES string of the molecule is CCC(C)c1ccccc1NS(=O)(=O)c1cccc2cnccc12. The van der Waals surface area contributed by atoms with Crippen LogP contribution in [0.1, 0.15) is 31.7 Å². The number of benzene rings is 2. The number of rotatable bonds is 5. The largest absolute Gasteiger partial charge is 0.279 e. The molecule has 0 radical (unpaired) electrons. The third-order valence-electron chi connectivity index (χ3n) is 4.28. The van der Waals surface area contributed by atoms with Crippen LogP contribution in [0.15, 0.2) is 65.8 Å². The molecule has 1 aromatic heterocycles. The van der Waals surface area contributed by atoms with Gasteiger partial charge in [0, 0.05) is 23.2 Å². The highest BCUT2D eigenvalue weighted by atomic mass is 32.2. The van der Waals surface area contributed by atoms with E-state index in [2.05, 4.69) is 23.6 Å². The van der Waals surface area contributed by atoms with E-state index >= 15 is 0 Å². The Morgan fingerprint density at radius 3 is 2.67 bits per heavy atom. The number of para-hydroxylation sites is 1. The number of anilines is 1. The van der Waals surface area contributed by atoms with Crippen LogP contribution in [0.3, 0.4) is 0 Å². The van der Waals surface area contributed by atoms with Crippen LogP contribution in [0.4, 0.5) is 5.69 Å². The van der Waals surface area contributed by atoms with Crippen molar-refractivity contribution in [3.05, 3.63) is 66.5 Å². The van der Waals surface area contributed by atoms with Crippen molar-refractivity contribution in [1.29, 1.82) is 0 Å². The molecule has 1 unspecified atom stereocenters. The molecule has 0 fully saturated rings. The zero-order valence-corrected chi connectivity index (χ0v) is 14.5. The molecular weight excluding hydrogens is 320 g/mol. The maximum atomic E-state index is 12.9. The first-order chi connectivity index (χ1) is 11.5. The molecule has 1 heterocycles. The second-order valence-electron chi connectivity index (χ2n) is 5.86. The smallest absolute Gasteiger partial charge is 0.262 e. The fourth-order valence-corrected chi connectivity index (χ4v) is 4.08. The maximum Gasteiger partial charge on any atom is 0.262 e. The second kappa shape index (κ2) is 6.61. The Morgan fingerprint density at radius 1 is 1.08 bits per heavy atom. The van der Waals surface area contributed by atoms with E-state index in [4.69, 9.17) is 0 Å². The molecule has 3 aromatic rings. The van der Waals surface area contributed by atoms with Gasteiger partial charge in [0.1, 0.15) is 0 Å². The molecule has 0 bridgehead atoms. The summed E-state index contributed by atoms with van der Waals surface area (Å²) < 4.78 is 28.7. The zero-order valence-electron chi connectivity index (χ0n) is 13.7. The van der Waals surface area contributed by atoms with Gasteiger partial charge in [0.25, 0.3) is 10.0 Å². The van der Waals surface area contributed by atoms with Gasteiger partial charge in [0.2, 0.25) is 0 Å². The number of aromatic nitrogens is 1. The van der Waals surface area contributed by atoms with Crippen LogP contribution in [0, 0.1) is 0 Å². The molecular formula is C19H20N2O2S. The summed E-state index contributed by atoms with van der Waals surface area (Å²) in [6.45, 7) is 4.18. The summed E-state index contributed by atoms with van der Waals surface area (Å²) in [5.41, 5.74) is 1.64. The van der Waals surface area contributed by atoms with Crippen molar-refractivity contribution in [1.82, 2.24) is 4.98 Å². The van der Waals surface area contributed by atoms with Crippen molar-refractivity contribution in [3.8, 4) is 0 Å². The summed E-state index contributed by atoms with van der Waals surface area (Å²) in [7, 11) is -3.68. The van der Waals surface area contributed by atoms with E-state index in [9.17, 15) is 8.42 Å². The number of pyridine rings is 1. The molecule has 0 saturated heterocycles. The Balaban J connectivity index is 2.07. The zero-order chi connectivity index (χ0) is 17.2. The Morgan fingerprint density at radius 2 is 1.88 bits per heavy atom. The van der Waals surface area contributed by atoms with Gasteiger partial charge in [-0.25, -0.2) is 8.42 Å². The van der Waals surface area contributed by atoms with Gasteiger partial charge >= 0.3 is 0 Å². The predicted molar refractivity (Wildman–Crippen MR) is 97.7 cm³/mol. The van der Waals surface area contributed by atoms with Crippen LogP contribution in [0.2, 0.25) is 0 Å². The Hall–Kier alpha value is -2.40. The summed E-state index contributed by atoms with van der Waals surface area (Å²) >= 11 is 0. The lowest BCUT2D eigenvalue weighted by Gasteiger charge is -2.17. The molecule has 0 aliphatic rings. The quantitative estimate of drug-likeness (QED) is 0.741. The topological polar surface area (TPSA) is 59.1 Å². The van der Waals surface area contributed by atoms with Crippen LogP contribution < -0.4 is 4.72 Å². The van der Waals surface area contributed by atoms with E-state index in [1.807, 2.05) is 30.3 Å². The molecule has 0 aliphatic carbocycles. The number of hydrogen-bond acceptors (Lipinski definition) is 3. The highest BCUT2D eigenvalue weighted by Crippen LogP contribution is 2.30. The van der Waals surface area contributed by atoms with Gasteiger partial charge < -0.3 is 0 Å². The van der Waals surface area contributed by atoms with Crippen LogP contribution in [0.25, 0.3) is 10.8 Å². The molecule has 1 atom stereocenters. The molecule has 2 aromatic carbocycles. The first kappa shape index (κ1) is 16.5. The molecule has 0 saturated carbocycles. The van der Waals surface area contributed by atoms with Gasteiger partial charge in [-0.1, -0.05) is 44.2 Å². The molecule has 0 amide bonds. The third kappa shape index (κ3) is 3.12. The average Bonchev–Trinajstić information content (AvgIpc) is 2.60. The highest BCUT2D eigenvalue weighted by molar-refractivity contribution is 7.93. The first-order valence-electron chi connectivity index (χ1n) is 7.97. The van der Waals surface area contributed by atoms with Gasteiger partial charge in [0.15, 0.2) is 0 Å². The third-order valence-corrected chi connectivity index (χ3v) is 5.70. The monoisotopic (exact) mass is 340 g/mol. The molecule has 124 valence electrons. The van der Waals surface area contributed by atoms with Crippen molar-refractivity contribution in [2.45, 2.75) is 31.1 Å². The summed E-state index contributed by atoms with van der Waals surface area (Å²) in [5.74, 6) is 0.278. The molecule has 1 N–H and O–H groups in total. The van der Waals surface area contributed by atoms with E-state index in [0.29, 0.717) is 11.1 Å². The number of sulfonamides is 1. The lowest BCUT2D eigenvalue weighted by molar-refractivity contribution is 0.602.